The van der Waals surface area contributed by atoms with Crippen LogP contribution in [0.4, 0.5) is 4.79 Å². The quantitative estimate of drug-likeness (QED) is 0.945. The van der Waals surface area contributed by atoms with E-state index in [-0.39, 0.29) is 12.1 Å². The van der Waals surface area contributed by atoms with E-state index in [4.69, 9.17) is 0 Å². The number of aromatic nitrogens is 3. The number of amides is 2. The molecule has 2 aliphatic rings. The molecule has 1 saturated carbocycles. The molecule has 2 aromatic heterocycles. The fraction of sp³-hybridized carbons (Fsp3) is 0.533. The van der Waals surface area contributed by atoms with Crippen LogP contribution in [0.5, 0.6) is 0 Å². The first kappa shape index (κ1) is 13.8. The molecule has 7 heteroatoms. The smallest absolute Gasteiger partial charge is 0.318 e. The molecule has 2 amide bonds. The van der Waals surface area contributed by atoms with Crippen LogP contribution in [0.15, 0.2) is 17.5 Å². The van der Waals surface area contributed by atoms with Gasteiger partial charge in [0.25, 0.3) is 0 Å². The van der Waals surface area contributed by atoms with Gasteiger partial charge in [0.05, 0.1) is 19.1 Å². The summed E-state index contributed by atoms with van der Waals surface area (Å²) in [7, 11) is 0. The maximum atomic E-state index is 12.6. The first-order chi connectivity index (χ1) is 10.7. The first-order valence-electron chi connectivity index (χ1n) is 7.70. The number of carbonyl (C=O) groups is 1. The zero-order valence-corrected chi connectivity index (χ0v) is 13.3. The van der Waals surface area contributed by atoms with Gasteiger partial charge in [-0.25, -0.2) is 14.5 Å². The van der Waals surface area contributed by atoms with Gasteiger partial charge in [0.15, 0.2) is 0 Å². The number of nitrogens with one attached hydrogen (secondary N) is 1. The molecule has 116 valence electrons. The highest BCUT2D eigenvalue weighted by Crippen LogP contribution is 2.42. The zero-order chi connectivity index (χ0) is 15.1. The predicted molar refractivity (Wildman–Crippen MR) is 83.5 cm³/mol. The number of thiophene rings is 1. The van der Waals surface area contributed by atoms with E-state index in [2.05, 4.69) is 26.8 Å². The first-order valence-corrected chi connectivity index (χ1v) is 8.58. The average molecular weight is 317 g/mol. The summed E-state index contributed by atoms with van der Waals surface area (Å²) < 4.78 is 1.90. The van der Waals surface area contributed by atoms with Crippen LogP contribution < -0.4 is 5.32 Å². The predicted octanol–water partition coefficient (Wildman–Crippen LogP) is 2.32. The summed E-state index contributed by atoms with van der Waals surface area (Å²) in [5.74, 6) is 2.24. The normalized spacial score (nSPS) is 18.9. The van der Waals surface area contributed by atoms with Crippen molar-refractivity contribution in [1.82, 2.24) is 25.0 Å². The Morgan fingerprint density at radius 1 is 1.45 bits per heavy atom. The van der Waals surface area contributed by atoms with Crippen molar-refractivity contribution in [3.63, 3.8) is 0 Å². The van der Waals surface area contributed by atoms with Crippen LogP contribution in [0.2, 0.25) is 0 Å². The van der Waals surface area contributed by atoms with Crippen LogP contribution >= 0.6 is 11.3 Å². The highest BCUT2D eigenvalue weighted by Gasteiger charge is 2.35. The Kier molecular flexibility index (Phi) is 3.37. The van der Waals surface area contributed by atoms with Gasteiger partial charge < -0.3 is 10.2 Å². The number of hydrogen-bond acceptors (Lipinski definition) is 4. The van der Waals surface area contributed by atoms with Crippen molar-refractivity contribution in [2.45, 2.75) is 38.9 Å². The molecule has 0 saturated heterocycles. The zero-order valence-electron chi connectivity index (χ0n) is 12.5. The number of rotatable bonds is 3. The van der Waals surface area contributed by atoms with Crippen LogP contribution in [0.1, 0.15) is 35.4 Å². The number of hydrogen-bond donors (Lipinski definition) is 1. The highest BCUT2D eigenvalue weighted by molar-refractivity contribution is 7.10. The molecule has 1 atom stereocenters. The Balaban J connectivity index is 1.46. The third-order valence-corrected chi connectivity index (χ3v) is 5.23. The average Bonchev–Trinajstić information content (AvgIpc) is 3.06. The molecule has 0 bridgehead atoms. The largest absolute Gasteiger partial charge is 0.330 e. The number of urea groups is 1. The molecule has 6 nitrogen and oxygen atoms in total. The molecule has 22 heavy (non-hydrogen) atoms. The Bertz CT molecular complexity index is 676. The molecule has 1 unspecified atom stereocenters. The van der Waals surface area contributed by atoms with Gasteiger partial charge in [-0.05, 0) is 37.1 Å². The fourth-order valence-corrected chi connectivity index (χ4v) is 3.85. The molecule has 4 rings (SSSR count). The molecular weight excluding hydrogens is 298 g/mol. The topological polar surface area (TPSA) is 63.1 Å². The van der Waals surface area contributed by atoms with Gasteiger partial charge in [-0.1, -0.05) is 6.07 Å². The number of nitrogens with zero attached hydrogens (tertiary/aromatic N) is 4. The summed E-state index contributed by atoms with van der Waals surface area (Å²) in [5.41, 5.74) is 0. The monoisotopic (exact) mass is 317 g/mol. The van der Waals surface area contributed by atoms with Crippen molar-refractivity contribution in [1.29, 1.82) is 0 Å². The van der Waals surface area contributed by atoms with Crippen LogP contribution in [-0.4, -0.2) is 32.2 Å². The number of carbonyl (C=O) groups excluding carboxylic acids is 1. The van der Waals surface area contributed by atoms with E-state index in [9.17, 15) is 4.79 Å². The third-order valence-electron chi connectivity index (χ3n) is 4.28. The second-order valence-corrected chi connectivity index (χ2v) is 6.98. The van der Waals surface area contributed by atoms with Crippen molar-refractivity contribution in [2.24, 2.45) is 5.92 Å². The van der Waals surface area contributed by atoms with Crippen LogP contribution in [-0.2, 0) is 13.1 Å². The summed E-state index contributed by atoms with van der Waals surface area (Å²) in [6.45, 7) is 3.82. The van der Waals surface area contributed by atoms with Gasteiger partial charge in [0, 0.05) is 11.4 Å². The van der Waals surface area contributed by atoms with E-state index in [0.29, 0.717) is 19.0 Å². The van der Waals surface area contributed by atoms with Crippen LogP contribution in [0.25, 0.3) is 0 Å². The lowest BCUT2D eigenvalue weighted by atomic mass is 10.1. The number of aryl methyl sites for hydroxylation is 1. The molecule has 1 N–H and O–H groups in total. The fourth-order valence-electron chi connectivity index (χ4n) is 2.98. The highest BCUT2D eigenvalue weighted by atomic mass is 32.1. The summed E-state index contributed by atoms with van der Waals surface area (Å²) >= 11 is 1.72. The van der Waals surface area contributed by atoms with Gasteiger partial charge in [0.1, 0.15) is 11.6 Å². The van der Waals surface area contributed by atoms with E-state index >= 15 is 0 Å². The van der Waals surface area contributed by atoms with Crippen molar-refractivity contribution in [3.8, 4) is 0 Å². The molecule has 0 spiro atoms. The van der Waals surface area contributed by atoms with Crippen molar-refractivity contribution < 1.29 is 4.79 Å². The van der Waals surface area contributed by atoms with Gasteiger partial charge in [-0.15, -0.1) is 11.3 Å². The molecule has 0 aromatic carbocycles. The van der Waals surface area contributed by atoms with Gasteiger partial charge in [-0.3, -0.25) is 0 Å². The summed E-state index contributed by atoms with van der Waals surface area (Å²) in [6, 6.07) is 4.34. The molecule has 0 radical (unpaired) electrons. The van der Waals surface area contributed by atoms with Crippen molar-refractivity contribution in [3.05, 3.63) is 34.0 Å². The lowest BCUT2D eigenvalue weighted by molar-refractivity contribution is 0.175. The van der Waals surface area contributed by atoms with Crippen molar-refractivity contribution >= 4 is 17.4 Å². The summed E-state index contributed by atoms with van der Waals surface area (Å²) in [6.07, 6.45) is 2.41. The molecule has 2 aromatic rings. The standard InChI is InChI=1S/C15H19N5OS/c1-10-16-13-9-19(6-7-20(13)18-10)15(21)17-14(11-4-5-11)12-3-2-8-22-12/h2-3,8,11,14H,4-7,9H2,1H3,(H,17,21). The van der Waals surface area contributed by atoms with Gasteiger partial charge >= 0.3 is 6.03 Å². The Labute approximate surface area is 133 Å². The minimum atomic E-state index is 0.0113. The van der Waals surface area contributed by atoms with E-state index in [1.54, 1.807) is 11.3 Å². The van der Waals surface area contributed by atoms with Gasteiger partial charge in [-0.2, -0.15) is 5.10 Å². The van der Waals surface area contributed by atoms with Crippen LogP contribution in [0, 0.1) is 12.8 Å². The van der Waals surface area contributed by atoms with Crippen LogP contribution in [0.3, 0.4) is 0 Å². The Morgan fingerprint density at radius 3 is 3.05 bits per heavy atom. The summed E-state index contributed by atoms with van der Waals surface area (Å²) in [5, 5.41) is 9.63. The Morgan fingerprint density at radius 2 is 2.32 bits per heavy atom. The second kappa shape index (κ2) is 5.39. The van der Waals surface area contributed by atoms with Gasteiger partial charge in [0.2, 0.25) is 0 Å². The second-order valence-electron chi connectivity index (χ2n) is 6.00. The summed E-state index contributed by atoms with van der Waals surface area (Å²) in [4.78, 5) is 20.1. The maximum Gasteiger partial charge on any atom is 0.318 e. The maximum absolute atomic E-state index is 12.6. The minimum absolute atomic E-state index is 0.0113. The molecule has 1 fully saturated rings. The van der Waals surface area contributed by atoms with E-state index in [1.807, 2.05) is 22.6 Å². The molecule has 1 aliphatic heterocycles. The SMILES string of the molecule is Cc1nc2n(n1)CCN(C(=O)NC(c1cccs1)C1CC1)C2. The van der Waals surface area contributed by atoms with E-state index in [1.165, 1.54) is 17.7 Å². The lowest BCUT2D eigenvalue weighted by Gasteiger charge is -2.29. The Hall–Kier alpha value is -1.89. The minimum Gasteiger partial charge on any atom is -0.330 e. The van der Waals surface area contributed by atoms with E-state index in [0.717, 1.165) is 18.2 Å². The molecule has 1 aliphatic carbocycles. The molecule has 3 heterocycles. The molecular formula is C15H19N5OS. The lowest BCUT2D eigenvalue weighted by Crippen LogP contribution is -2.45. The van der Waals surface area contributed by atoms with Crippen molar-refractivity contribution in [2.75, 3.05) is 6.54 Å². The third kappa shape index (κ3) is 2.61. The number of fused-ring (bicyclic) bond motifs is 1. The van der Waals surface area contributed by atoms with E-state index < -0.39 is 0 Å².